The van der Waals surface area contributed by atoms with Crippen LogP contribution in [0.15, 0.2) is 54.9 Å². The molecule has 2 aromatic heterocycles. The Hall–Kier alpha value is -2.75. The Morgan fingerprint density at radius 2 is 1.50 bits per heavy atom. The van der Waals surface area contributed by atoms with Crippen LogP contribution in [0.5, 0.6) is 0 Å². The fourth-order valence-corrected chi connectivity index (χ4v) is 2.29. The lowest BCUT2D eigenvalue weighted by Crippen LogP contribution is -2.06. The Labute approximate surface area is 144 Å². The van der Waals surface area contributed by atoms with Gasteiger partial charge in [-0.05, 0) is 54.8 Å². The Kier molecular flexibility index (Phi) is 6.43. The zero-order valence-electron chi connectivity index (χ0n) is 14.7. The molecular weight excluding hydrogens is 296 g/mol. The zero-order valence-corrected chi connectivity index (χ0v) is 14.7. The molecular formula is C20H24N4. The number of rotatable bonds is 4. The van der Waals surface area contributed by atoms with Crippen LogP contribution in [0.2, 0.25) is 0 Å². The first-order valence-electron chi connectivity index (χ1n) is 8.28. The summed E-state index contributed by atoms with van der Waals surface area (Å²) in [5, 5.41) is 12.1. The van der Waals surface area contributed by atoms with Gasteiger partial charge >= 0.3 is 0 Å². The smallest absolute Gasteiger partial charge is 0.156 e. The van der Waals surface area contributed by atoms with Crippen LogP contribution >= 0.6 is 0 Å². The molecule has 0 radical (unpaired) electrons. The average molecular weight is 320 g/mol. The SMILES string of the molecule is CC.Cc1c(Cc2ccncc2)nnc(Nc2ccccc2)c1C. The molecule has 0 aliphatic carbocycles. The van der Waals surface area contributed by atoms with Gasteiger partial charge in [0.1, 0.15) is 0 Å². The number of nitrogens with one attached hydrogen (secondary N) is 1. The Morgan fingerprint density at radius 3 is 2.17 bits per heavy atom. The van der Waals surface area contributed by atoms with Crippen LogP contribution in [-0.2, 0) is 6.42 Å². The van der Waals surface area contributed by atoms with E-state index < -0.39 is 0 Å². The van der Waals surface area contributed by atoms with Gasteiger partial charge in [0.05, 0.1) is 5.69 Å². The third-order valence-electron chi connectivity index (χ3n) is 3.78. The van der Waals surface area contributed by atoms with Gasteiger partial charge in [-0.2, -0.15) is 5.10 Å². The second-order valence-corrected chi connectivity index (χ2v) is 5.27. The Morgan fingerprint density at radius 1 is 0.833 bits per heavy atom. The van der Waals surface area contributed by atoms with Crippen molar-refractivity contribution in [2.24, 2.45) is 0 Å². The molecule has 3 rings (SSSR count). The van der Waals surface area contributed by atoms with Gasteiger partial charge in [-0.25, -0.2) is 0 Å². The number of benzene rings is 1. The van der Waals surface area contributed by atoms with E-state index in [-0.39, 0.29) is 0 Å². The van der Waals surface area contributed by atoms with Crippen molar-refractivity contribution in [1.82, 2.24) is 15.2 Å². The normalized spacial score (nSPS) is 9.83. The van der Waals surface area contributed by atoms with Crippen LogP contribution in [0.1, 0.15) is 36.2 Å². The fraction of sp³-hybridized carbons (Fsp3) is 0.250. The Balaban J connectivity index is 0.00000100. The maximum Gasteiger partial charge on any atom is 0.156 e. The lowest BCUT2D eigenvalue weighted by molar-refractivity contribution is 0.909. The third kappa shape index (κ3) is 4.38. The number of nitrogens with zero attached hydrogens (tertiary/aromatic N) is 3. The van der Waals surface area contributed by atoms with E-state index in [4.69, 9.17) is 0 Å². The summed E-state index contributed by atoms with van der Waals surface area (Å²) in [4.78, 5) is 4.04. The van der Waals surface area contributed by atoms with Crippen molar-refractivity contribution in [2.75, 3.05) is 5.32 Å². The maximum absolute atomic E-state index is 4.40. The summed E-state index contributed by atoms with van der Waals surface area (Å²) >= 11 is 0. The molecule has 0 amide bonds. The van der Waals surface area contributed by atoms with Crippen LogP contribution < -0.4 is 5.32 Å². The van der Waals surface area contributed by atoms with Gasteiger partial charge in [-0.15, -0.1) is 5.10 Å². The van der Waals surface area contributed by atoms with Crippen LogP contribution in [-0.4, -0.2) is 15.2 Å². The van der Waals surface area contributed by atoms with E-state index in [1.54, 1.807) is 12.4 Å². The second-order valence-electron chi connectivity index (χ2n) is 5.27. The molecule has 1 N–H and O–H groups in total. The third-order valence-corrected chi connectivity index (χ3v) is 3.78. The van der Waals surface area contributed by atoms with Crippen molar-refractivity contribution in [3.63, 3.8) is 0 Å². The van der Waals surface area contributed by atoms with Gasteiger partial charge in [0.2, 0.25) is 0 Å². The van der Waals surface area contributed by atoms with Crippen molar-refractivity contribution in [2.45, 2.75) is 34.1 Å². The van der Waals surface area contributed by atoms with Crippen molar-refractivity contribution in [3.05, 3.63) is 77.2 Å². The van der Waals surface area contributed by atoms with Gasteiger partial charge < -0.3 is 5.32 Å². The second kappa shape index (κ2) is 8.77. The van der Waals surface area contributed by atoms with E-state index in [2.05, 4.69) is 34.3 Å². The number of pyridine rings is 1. The predicted molar refractivity (Wildman–Crippen MR) is 99.6 cm³/mol. The van der Waals surface area contributed by atoms with Gasteiger partial charge in [0, 0.05) is 24.5 Å². The van der Waals surface area contributed by atoms with Crippen LogP contribution in [0.4, 0.5) is 11.5 Å². The highest BCUT2D eigenvalue weighted by atomic mass is 15.2. The van der Waals surface area contributed by atoms with E-state index in [9.17, 15) is 0 Å². The minimum absolute atomic E-state index is 0.772. The highest BCUT2D eigenvalue weighted by Gasteiger charge is 2.10. The van der Waals surface area contributed by atoms with E-state index >= 15 is 0 Å². The lowest BCUT2D eigenvalue weighted by Gasteiger charge is -2.12. The molecule has 3 aromatic rings. The van der Waals surface area contributed by atoms with Gasteiger partial charge in [-0.3, -0.25) is 4.98 Å². The molecule has 24 heavy (non-hydrogen) atoms. The van der Waals surface area contributed by atoms with Crippen molar-refractivity contribution < 1.29 is 0 Å². The van der Waals surface area contributed by atoms with Crippen LogP contribution in [0, 0.1) is 13.8 Å². The average Bonchev–Trinajstić information content (AvgIpc) is 2.65. The van der Waals surface area contributed by atoms with E-state index in [1.165, 1.54) is 11.1 Å². The van der Waals surface area contributed by atoms with Gasteiger partial charge in [0.15, 0.2) is 5.82 Å². The highest BCUT2D eigenvalue weighted by Crippen LogP contribution is 2.22. The van der Waals surface area contributed by atoms with Crippen molar-refractivity contribution in [1.29, 1.82) is 0 Å². The van der Waals surface area contributed by atoms with Crippen LogP contribution in [0.3, 0.4) is 0 Å². The van der Waals surface area contributed by atoms with Crippen molar-refractivity contribution >= 4 is 11.5 Å². The molecule has 1 aromatic carbocycles. The molecule has 0 saturated heterocycles. The molecule has 0 spiro atoms. The summed E-state index contributed by atoms with van der Waals surface area (Å²) < 4.78 is 0. The number of anilines is 2. The highest BCUT2D eigenvalue weighted by molar-refractivity contribution is 5.60. The zero-order chi connectivity index (χ0) is 17.4. The quantitative estimate of drug-likeness (QED) is 0.746. The summed E-state index contributed by atoms with van der Waals surface area (Å²) in [7, 11) is 0. The molecule has 0 fully saturated rings. The summed E-state index contributed by atoms with van der Waals surface area (Å²) in [6.45, 7) is 8.17. The molecule has 124 valence electrons. The topological polar surface area (TPSA) is 50.7 Å². The molecule has 4 heteroatoms. The molecule has 0 unspecified atom stereocenters. The molecule has 0 aliphatic rings. The number of aromatic nitrogens is 3. The molecule has 4 nitrogen and oxygen atoms in total. The van der Waals surface area contributed by atoms with E-state index in [0.717, 1.165) is 29.2 Å². The molecule has 0 atom stereocenters. The maximum atomic E-state index is 4.40. The first-order valence-corrected chi connectivity index (χ1v) is 8.28. The molecule has 0 saturated carbocycles. The molecule has 0 aliphatic heterocycles. The summed E-state index contributed by atoms with van der Waals surface area (Å²) in [5.41, 5.74) is 5.51. The summed E-state index contributed by atoms with van der Waals surface area (Å²) in [6, 6.07) is 14.0. The largest absolute Gasteiger partial charge is 0.339 e. The van der Waals surface area contributed by atoms with Crippen LogP contribution in [0.25, 0.3) is 0 Å². The monoisotopic (exact) mass is 320 g/mol. The fourth-order valence-electron chi connectivity index (χ4n) is 2.29. The minimum atomic E-state index is 0.772. The van der Waals surface area contributed by atoms with Gasteiger partial charge in [-0.1, -0.05) is 32.0 Å². The molecule has 2 heterocycles. The van der Waals surface area contributed by atoms with E-state index in [1.807, 2.05) is 56.3 Å². The summed E-state index contributed by atoms with van der Waals surface area (Å²) in [5.74, 6) is 0.808. The lowest BCUT2D eigenvalue weighted by atomic mass is 10.0. The predicted octanol–water partition coefficient (Wildman–Crippen LogP) is 4.85. The number of hydrogen-bond donors (Lipinski definition) is 1. The van der Waals surface area contributed by atoms with Gasteiger partial charge in [0.25, 0.3) is 0 Å². The first-order chi connectivity index (χ1) is 11.7. The minimum Gasteiger partial charge on any atom is -0.339 e. The first kappa shape index (κ1) is 17.6. The Bertz CT molecular complexity index is 689. The number of para-hydroxylation sites is 1. The van der Waals surface area contributed by atoms with E-state index in [0.29, 0.717) is 0 Å². The number of hydrogen-bond acceptors (Lipinski definition) is 4. The summed E-state index contributed by atoms with van der Waals surface area (Å²) in [6.07, 6.45) is 4.38. The molecule has 0 bridgehead atoms. The van der Waals surface area contributed by atoms with Crippen molar-refractivity contribution in [3.8, 4) is 0 Å². The standard InChI is InChI=1S/C18H18N4.C2H6/c1-13-14(2)18(20-16-6-4-3-5-7-16)22-21-17(13)12-15-8-10-19-11-9-15;1-2/h3-11H,12H2,1-2H3,(H,20,22);1-2H3.